The maximum atomic E-state index is 12.5. The molecule has 6 aromatic heterocycles. The van der Waals surface area contributed by atoms with Crippen LogP contribution >= 0.6 is 34.0 Å². The Balaban J connectivity index is 0.000000335. The van der Waals surface area contributed by atoms with E-state index in [1.54, 1.807) is 32.9 Å². The number of amides is 3. The number of aromatic nitrogens is 3. The van der Waals surface area contributed by atoms with E-state index >= 15 is 0 Å². The molecule has 3 amide bonds. The molecule has 1 aliphatic rings. The predicted octanol–water partition coefficient (Wildman–Crippen LogP) is 1.22. The molecular formula is C46H53AlLiN9O11S3. The van der Waals surface area contributed by atoms with Crippen LogP contribution < -0.4 is 52.4 Å². The number of esters is 2. The number of nitrogens with one attached hydrogen (secondary N) is 2. The maximum Gasteiger partial charge on any atom is 1.00 e. The first-order valence-electron chi connectivity index (χ1n) is 20.9. The van der Waals surface area contributed by atoms with Crippen molar-refractivity contribution >= 4 is 140 Å². The van der Waals surface area contributed by atoms with Crippen LogP contribution in [0.25, 0.3) is 30.6 Å². The van der Waals surface area contributed by atoms with Crippen LogP contribution in [0, 0.1) is 20.8 Å². The van der Waals surface area contributed by atoms with Gasteiger partial charge in [-0.1, -0.05) is 30.3 Å². The quantitative estimate of drug-likeness (QED) is 0.0391. The standard InChI is InChI=1S/C17H15N3O2S.C12H13N3O3S.C10H11N3O2S.C7H10O4.Al.Li.4H/c1-9-7-11(8-21)12-13-14(23-17(12)18-9)16(22)20-15(19-13)10-5-3-2-4-6-10;1-3-18-12(17)6-4-5(2)15-11-7(6)8(13)9(19-11)10(14)16;1-4-2-5(3-14)6-7(11)8(9(12)15)16-10(6)13-4;1-3-11-7(10)6(9)4-5(2)8;;;;;;/h2-7,15,19,21H,8H2,1H3,(H,20,22);4H,3,13H2,1-2H3,(H2,14,16);2,14H,3,11H2,1H3,(H2,12,15);3-4H2,1-2H3;;;;;;/q;;;;;+1;;;;-1. The number of aliphatic hydroxyl groups is 2. The van der Waals surface area contributed by atoms with Gasteiger partial charge in [-0.3, -0.25) is 24.0 Å². The number of rotatable bonds is 11. The molecule has 0 saturated carbocycles. The summed E-state index contributed by atoms with van der Waals surface area (Å²) in [5.74, 6) is -3.84. The molecule has 1 aliphatic heterocycles. The number of primary amides is 2. The normalized spacial score (nSPS) is 12.1. The number of thiophene rings is 3. The Morgan fingerprint density at radius 3 is 1.69 bits per heavy atom. The molecule has 0 aliphatic carbocycles. The van der Waals surface area contributed by atoms with E-state index in [0.29, 0.717) is 52.7 Å². The third-order valence-electron chi connectivity index (χ3n) is 9.71. The summed E-state index contributed by atoms with van der Waals surface area (Å²) in [5, 5.41) is 27.2. The molecule has 71 heavy (non-hydrogen) atoms. The fraction of sp³-hybridized carbons (Fsp3) is 0.261. The number of ether oxygens (including phenoxy) is 2. The summed E-state index contributed by atoms with van der Waals surface area (Å²) in [7, 11) is 0. The van der Waals surface area contributed by atoms with Crippen LogP contribution in [0.5, 0.6) is 0 Å². The minimum atomic E-state index is -0.928. The van der Waals surface area contributed by atoms with Crippen LogP contribution in [0.15, 0.2) is 48.5 Å². The maximum absolute atomic E-state index is 12.5. The second-order valence-electron chi connectivity index (χ2n) is 14.9. The molecule has 12 N–H and O–H groups in total. The van der Waals surface area contributed by atoms with Gasteiger partial charge in [0.25, 0.3) is 17.7 Å². The van der Waals surface area contributed by atoms with Crippen molar-refractivity contribution in [3.63, 3.8) is 0 Å². The van der Waals surface area contributed by atoms with Gasteiger partial charge in [-0.15, -0.1) is 34.0 Å². The molecule has 7 heterocycles. The number of fused-ring (bicyclic) bond motifs is 5. The van der Waals surface area contributed by atoms with Gasteiger partial charge in [-0.25, -0.2) is 24.5 Å². The molecule has 0 bridgehead atoms. The van der Waals surface area contributed by atoms with E-state index in [1.165, 1.54) is 18.3 Å². The first kappa shape index (κ1) is 59.0. The van der Waals surface area contributed by atoms with Gasteiger partial charge >= 0.3 is 30.8 Å². The molecule has 20 nitrogen and oxygen atoms in total. The Bertz CT molecular complexity index is 3150. The van der Waals surface area contributed by atoms with Crippen molar-refractivity contribution in [1.82, 2.24) is 20.3 Å². The van der Waals surface area contributed by atoms with E-state index in [-0.39, 0.29) is 98.9 Å². The third-order valence-corrected chi connectivity index (χ3v) is 13.0. The van der Waals surface area contributed by atoms with Crippen molar-refractivity contribution in [2.24, 2.45) is 11.5 Å². The molecule has 7 aromatic rings. The number of hydrogen-bond donors (Lipinski definition) is 8. The topological polar surface area (TPSA) is 345 Å². The Labute approximate surface area is 442 Å². The van der Waals surface area contributed by atoms with E-state index < -0.39 is 29.5 Å². The Morgan fingerprint density at radius 1 is 0.718 bits per heavy atom. The minimum Gasteiger partial charge on any atom is -1.00 e. The van der Waals surface area contributed by atoms with Crippen molar-refractivity contribution in [3.05, 3.63) is 102 Å². The summed E-state index contributed by atoms with van der Waals surface area (Å²) in [6, 6.07) is 14.9. The van der Waals surface area contributed by atoms with Gasteiger partial charge in [0, 0.05) is 33.2 Å². The van der Waals surface area contributed by atoms with Gasteiger partial charge in [-0.05, 0) is 76.4 Å². The minimum absolute atomic E-state index is 0. The van der Waals surface area contributed by atoms with Crippen LogP contribution in [0.4, 0.5) is 17.1 Å². The number of hydrogen-bond acceptors (Lipinski definition) is 20. The number of ketones is 2. The first-order chi connectivity index (χ1) is 32.7. The molecule has 8 rings (SSSR count). The molecule has 25 heteroatoms. The molecule has 0 radical (unpaired) electrons. The predicted molar refractivity (Wildman–Crippen MR) is 275 cm³/mol. The van der Waals surface area contributed by atoms with Crippen molar-refractivity contribution in [2.75, 3.05) is 30.0 Å². The number of nitrogens with zero attached hydrogens (tertiary/aromatic N) is 3. The van der Waals surface area contributed by atoms with Crippen LogP contribution in [0.2, 0.25) is 0 Å². The van der Waals surface area contributed by atoms with Crippen molar-refractivity contribution in [1.29, 1.82) is 0 Å². The number of benzene rings is 1. The summed E-state index contributed by atoms with van der Waals surface area (Å²) < 4.78 is 9.35. The van der Waals surface area contributed by atoms with Crippen molar-refractivity contribution in [2.45, 2.75) is 67.3 Å². The van der Waals surface area contributed by atoms with E-state index in [9.17, 15) is 43.8 Å². The summed E-state index contributed by atoms with van der Waals surface area (Å²) in [4.78, 5) is 94.5. The largest absolute Gasteiger partial charge is 1.00 e. The van der Waals surface area contributed by atoms with Crippen LogP contribution in [-0.2, 0) is 37.1 Å². The van der Waals surface area contributed by atoms with Crippen LogP contribution in [-0.4, -0.2) is 97.0 Å². The molecule has 0 fully saturated rings. The van der Waals surface area contributed by atoms with Crippen LogP contribution in [0.3, 0.4) is 0 Å². The second-order valence-corrected chi connectivity index (χ2v) is 17.9. The molecule has 1 unspecified atom stereocenters. The molecule has 0 spiro atoms. The summed E-state index contributed by atoms with van der Waals surface area (Å²) in [6.45, 7) is 10.2. The van der Waals surface area contributed by atoms with Crippen molar-refractivity contribution < 1.29 is 73.5 Å². The number of aliphatic hydroxyl groups excluding tert-OH is 2. The zero-order chi connectivity index (χ0) is 50.9. The third kappa shape index (κ3) is 14.0. The SMILES string of the molecule is CCOC(=O)C(=O)CC(C)=O.CCOC(=O)c1cc(C)nc2sc(C(N)=O)c(N)c12.Cc1cc(CO)c2c(N)c(C(N)=O)sc2n1.Cc1cc(CO)c2c3c(sc2n1)C(=O)NC(c1ccccc1)N3.[AlH3].[H-].[Li+]. The fourth-order valence-corrected chi connectivity index (χ4v) is 10.1. The van der Waals surface area contributed by atoms with Gasteiger partial charge in [0.15, 0.2) is 17.4 Å². The van der Waals surface area contributed by atoms with E-state index in [2.05, 4.69) is 30.3 Å². The van der Waals surface area contributed by atoms with Gasteiger partial charge in [0.2, 0.25) is 5.78 Å². The zero-order valence-corrected chi connectivity index (χ0v) is 41.6. The number of Topliss-reactive ketones (excluding diaryl/α,β-unsaturated/α-hetero) is 2. The monoisotopic (exact) mass is 1040 g/mol. The molecule has 370 valence electrons. The van der Waals surface area contributed by atoms with E-state index in [1.807, 2.05) is 50.2 Å². The number of aryl methyl sites for hydroxylation is 3. The fourth-order valence-electron chi connectivity index (χ4n) is 6.88. The molecule has 1 atom stereocenters. The van der Waals surface area contributed by atoms with Crippen molar-refractivity contribution in [3.8, 4) is 0 Å². The Hall–Kier alpha value is -6.31. The Morgan fingerprint density at radius 2 is 1.20 bits per heavy atom. The molecule has 0 saturated heterocycles. The number of nitrogens with two attached hydrogens (primary N) is 4. The van der Waals surface area contributed by atoms with Gasteiger partial charge < -0.3 is 54.7 Å². The zero-order valence-electron chi connectivity index (χ0n) is 40.2. The summed E-state index contributed by atoms with van der Waals surface area (Å²) >= 11 is 3.58. The first-order valence-corrected chi connectivity index (χ1v) is 23.3. The number of nitrogen functional groups attached to an aromatic ring is 2. The second kappa shape index (κ2) is 26.2. The average Bonchev–Trinajstić information content (AvgIpc) is 3.96. The summed E-state index contributed by atoms with van der Waals surface area (Å²) in [6.07, 6.45) is -0.652. The number of pyridine rings is 3. The van der Waals surface area contributed by atoms with Gasteiger partial charge in [0.1, 0.15) is 41.1 Å². The molecule has 1 aromatic carbocycles. The molecular weight excluding hydrogens is 985 g/mol. The van der Waals surface area contributed by atoms with E-state index in [4.69, 9.17) is 27.7 Å². The van der Waals surface area contributed by atoms with Gasteiger partial charge in [0.05, 0.1) is 55.5 Å². The Kier molecular flexibility index (Phi) is 21.8. The number of carbonyl (C=O) groups excluding carboxylic acids is 7. The average molecular weight is 1040 g/mol. The van der Waals surface area contributed by atoms with Crippen LogP contribution in [0.1, 0.15) is 108 Å². The smallest absolute Gasteiger partial charge is 1.00 e. The summed E-state index contributed by atoms with van der Waals surface area (Å²) in [5.41, 5.74) is 28.4. The van der Waals surface area contributed by atoms with Gasteiger partial charge in [-0.2, -0.15) is 0 Å². The van der Waals surface area contributed by atoms with E-state index in [0.717, 1.165) is 61.1 Å². The number of anilines is 3. The number of carbonyl (C=O) groups is 7.